The van der Waals surface area contributed by atoms with Crippen molar-refractivity contribution in [3.8, 4) is 0 Å². The van der Waals surface area contributed by atoms with Gasteiger partial charge in [0.05, 0.1) is 5.56 Å². The fourth-order valence-electron chi connectivity index (χ4n) is 2.35. The van der Waals surface area contributed by atoms with Crippen LogP contribution in [0.4, 0.5) is 0 Å². The Morgan fingerprint density at radius 2 is 2.47 bits per heavy atom. The SMILES string of the molecule is O=C(N/N=C1\CC2C=CCC12)c1cccnc1. The Morgan fingerprint density at radius 1 is 1.53 bits per heavy atom. The van der Waals surface area contributed by atoms with Crippen LogP contribution in [0.5, 0.6) is 0 Å². The highest BCUT2D eigenvalue weighted by Gasteiger charge is 2.37. The molecule has 0 aliphatic heterocycles. The zero-order valence-corrected chi connectivity index (χ0v) is 9.34. The van der Waals surface area contributed by atoms with Crippen LogP contribution in [0.2, 0.25) is 0 Å². The van der Waals surface area contributed by atoms with Crippen LogP contribution in [0.25, 0.3) is 0 Å². The minimum Gasteiger partial charge on any atom is -0.267 e. The van der Waals surface area contributed by atoms with Crippen molar-refractivity contribution in [2.24, 2.45) is 16.9 Å². The van der Waals surface area contributed by atoms with E-state index >= 15 is 0 Å². The fourth-order valence-corrected chi connectivity index (χ4v) is 2.35. The summed E-state index contributed by atoms with van der Waals surface area (Å²) in [4.78, 5) is 15.6. The molecule has 1 amide bonds. The number of hydrogen-bond donors (Lipinski definition) is 1. The number of nitrogens with one attached hydrogen (secondary N) is 1. The van der Waals surface area contributed by atoms with E-state index in [2.05, 4.69) is 27.7 Å². The van der Waals surface area contributed by atoms with Crippen molar-refractivity contribution in [1.82, 2.24) is 10.4 Å². The molecule has 1 heterocycles. The van der Waals surface area contributed by atoms with E-state index in [1.54, 1.807) is 18.3 Å². The Bertz CT molecular complexity index is 493. The maximum Gasteiger partial charge on any atom is 0.272 e. The predicted octanol–water partition coefficient (Wildman–Crippen LogP) is 1.76. The van der Waals surface area contributed by atoms with E-state index in [1.165, 1.54) is 6.20 Å². The standard InChI is InChI=1S/C13H13N3O/c17-13(10-4-2-6-14-8-10)16-15-12-7-9-3-1-5-11(9)12/h1-4,6,8-9,11H,5,7H2,(H,16,17)/b15-12+. The van der Waals surface area contributed by atoms with Gasteiger partial charge in [0.2, 0.25) is 0 Å². The molecule has 1 fully saturated rings. The molecular formula is C13H13N3O. The van der Waals surface area contributed by atoms with E-state index in [1.807, 2.05) is 0 Å². The minimum atomic E-state index is -0.194. The summed E-state index contributed by atoms with van der Waals surface area (Å²) in [6.45, 7) is 0. The molecule has 0 aromatic carbocycles. The molecule has 0 radical (unpaired) electrons. The Morgan fingerprint density at radius 3 is 3.24 bits per heavy atom. The van der Waals surface area contributed by atoms with Crippen LogP contribution < -0.4 is 5.43 Å². The molecule has 86 valence electrons. The van der Waals surface area contributed by atoms with Crippen molar-refractivity contribution in [1.29, 1.82) is 0 Å². The zero-order valence-electron chi connectivity index (χ0n) is 9.34. The lowest BCUT2D eigenvalue weighted by Crippen LogP contribution is -2.35. The number of carbonyl (C=O) groups excluding carboxylic acids is 1. The van der Waals surface area contributed by atoms with Crippen LogP contribution in [0.1, 0.15) is 23.2 Å². The average molecular weight is 227 g/mol. The van der Waals surface area contributed by atoms with Crippen molar-refractivity contribution >= 4 is 11.6 Å². The third kappa shape index (κ3) is 1.86. The molecule has 1 aromatic rings. The smallest absolute Gasteiger partial charge is 0.267 e. The summed E-state index contributed by atoms with van der Waals surface area (Å²) in [5.41, 5.74) is 4.24. The van der Waals surface area contributed by atoms with E-state index in [0.29, 0.717) is 17.4 Å². The summed E-state index contributed by atoms with van der Waals surface area (Å²) in [6.07, 6.45) is 9.66. The molecule has 1 saturated carbocycles. The van der Waals surface area contributed by atoms with E-state index in [-0.39, 0.29) is 5.91 Å². The van der Waals surface area contributed by atoms with Gasteiger partial charge in [0.25, 0.3) is 5.91 Å². The number of fused-ring (bicyclic) bond motifs is 1. The van der Waals surface area contributed by atoms with Crippen molar-refractivity contribution in [3.63, 3.8) is 0 Å². The number of rotatable bonds is 2. The monoisotopic (exact) mass is 227 g/mol. The topological polar surface area (TPSA) is 54.4 Å². The van der Waals surface area contributed by atoms with Gasteiger partial charge in [-0.05, 0) is 30.9 Å². The number of carbonyl (C=O) groups is 1. The maximum absolute atomic E-state index is 11.7. The van der Waals surface area contributed by atoms with Gasteiger partial charge < -0.3 is 0 Å². The van der Waals surface area contributed by atoms with Gasteiger partial charge in [-0.2, -0.15) is 5.10 Å². The predicted molar refractivity (Wildman–Crippen MR) is 64.5 cm³/mol. The summed E-state index contributed by atoms with van der Waals surface area (Å²) in [6, 6.07) is 3.46. The molecule has 4 nitrogen and oxygen atoms in total. The van der Waals surface area contributed by atoms with Crippen molar-refractivity contribution in [2.75, 3.05) is 0 Å². The van der Waals surface area contributed by atoms with Crippen molar-refractivity contribution in [3.05, 3.63) is 42.2 Å². The number of amides is 1. The molecule has 1 N–H and O–H groups in total. The fraction of sp³-hybridized carbons (Fsp3) is 0.308. The second-order valence-electron chi connectivity index (χ2n) is 4.42. The Kier molecular flexibility index (Phi) is 2.48. The number of pyridine rings is 1. The molecule has 2 unspecified atom stereocenters. The molecule has 0 bridgehead atoms. The molecule has 0 spiro atoms. The molecule has 4 heteroatoms. The normalized spacial score (nSPS) is 27.6. The van der Waals surface area contributed by atoms with E-state index in [9.17, 15) is 4.79 Å². The summed E-state index contributed by atoms with van der Waals surface area (Å²) in [5, 5.41) is 4.20. The van der Waals surface area contributed by atoms with Crippen LogP contribution in [-0.2, 0) is 0 Å². The lowest BCUT2D eigenvalue weighted by Gasteiger charge is -2.31. The quantitative estimate of drug-likeness (QED) is 0.618. The van der Waals surface area contributed by atoms with Crippen molar-refractivity contribution < 1.29 is 4.79 Å². The number of aromatic nitrogens is 1. The first-order valence-electron chi connectivity index (χ1n) is 5.78. The van der Waals surface area contributed by atoms with Crippen LogP contribution in [-0.4, -0.2) is 16.6 Å². The molecule has 2 atom stereocenters. The Hall–Kier alpha value is -1.97. The first-order valence-corrected chi connectivity index (χ1v) is 5.78. The highest BCUT2D eigenvalue weighted by Crippen LogP contribution is 2.39. The highest BCUT2D eigenvalue weighted by molar-refractivity contribution is 5.97. The Labute approximate surface area is 99.4 Å². The summed E-state index contributed by atoms with van der Waals surface area (Å²) < 4.78 is 0. The lowest BCUT2D eigenvalue weighted by molar-refractivity contribution is 0.0953. The Balaban J connectivity index is 1.62. The van der Waals surface area contributed by atoms with E-state index in [0.717, 1.165) is 18.6 Å². The molecule has 17 heavy (non-hydrogen) atoms. The summed E-state index contributed by atoms with van der Waals surface area (Å²) in [5.74, 6) is 0.994. The maximum atomic E-state index is 11.7. The number of nitrogens with zero attached hydrogens (tertiary/aromatic N) is 2. The number of hydrazone groups is 1. The minimum absolute atomic E-state index is 0.194. The van der Waals surface area contributed by atoms with Gasteiger partial charge in [0, 0.05) is 24.0 Å². The molecule has 3 rings (SSSR count). The molecule has 0 saturated heterocycles. The van der Waals surface area contributed by atoms with Crippen molar-refractivity contribution in [2.45, 2.75) is 12.8 Å². The molecular weight excluding hydrogens is 214 g/mol. The third-order valence-corrected chi connectivity index (χ3v) is 3.39. The van der Waals surface area contributed by atoms with Gasteiger partial charge in [-0.15, -0.1) is 0 Å². The molecule has 2 aliphatic rings. The van der Waals surface area contributed by atoms with Crippen LogP contribution in [0.3, 0.4) is 0 Å². The summed E-state index contributed by atoms with van der Waals surface area (Å²) >= 11 is 0. The van der Waals surface area contributed by atoms with Gasteiger partial charge in [-0.25, -0.2) is 5.43 Å². The van der Waals surface area contributed by atoms with Gasteiger partial charge in [0.1, 0.15) is 0 Å². The van der Waals surface area contributed by atoms with Gasteiger partial charge in [-0.1, -0.05) is 12.2 Å². The summed E-state index contributed by atoms with van der Waals surface area (Å²) in [7, 11) is 0. The number of allylic oxidation sites excluding steroid dienone is 2. The highest BCUT2D eigenvalue weighted by atomic mass is 16.2. The van der Waals surface area contributed by atoms with Crippen LogP contribution >= 0.6 is 0 Å². The largest absolute Gasteiger partial charge is 0.272 e. The van der Waals surface area contributed by atoms with E-state index < -0.39 is 0 Å². The third-order valence-electron chi connectivity index (χ3n) is 3.39. The first-order chi connectivity index (χ1) is 8.34. The van der Waals surface area contributed by atoms with Crippen LogP contribution in [0, 0.1) is 11.8 Å². The number of hydrogen-bond acceptors (Lipinski definition) is 3. The molecule has 2 aliphatic carbocycles. The van der Waals surface area contributed by atoms with Crippen LogP contribution in [0.15, 0.2) is 41.8 Å². The van der Waals surface area contributed by atoms with Gasteiger partial charge >= 0.3 is 0 Å². The zero-order chi connectivity index (χ0) is 11.7. The molecule has 1 aromatic heterocycles. The second kappa shape index (κ2) is 4.13. The van der Waals surface area contributed by atoms with E-state index in [4.69, 9.17) is 0 Å². The second-order valence-corrected chi connectivity index (χ2v) is 4.42. The van der Waals surface area contributed by atoms with Gasteiger partial charge in [0.15, 0.2) is 0 Å². The average Bonchev–Trinajstić information content (AvgIpc) is 2.72. The lowest BCUT2D eigenvalue weighted by atomic mass is 9.74. The van der Waals surface area contributed by atoms with Gasteiger partial charge in [-0.3, -0.25) is 9.78 Å². The first kappa shape index (κ1) is 10.2.